The van der Waals surface area contributed by atoms with E-state index >= 15 is 0 Å². The molecule has 1 N–H and O–H groups in total. The van der Waals surface area contributed by atoms with Crippen molar-refractivity contribution < 1.29 is 4.74 Å². The van der Waals surface area contributed by atoms with Crippen LogP contribution in [0.1, 0.15) is 22.5 Å². The number of aromatic amines is 1. The molecule has 5 heteroatoms. The third-order valence-corrected chi connectivity index (χ3v) is 2.72. The van der Waals surface area contributed by atoms with Crippen LogP contribution in [0.3, 0.4) is 0 Å². The molecule has 2 heterocycles. The Kier molecular flexibility index (Phi) is 3.33. The Morgan fingerprint density at radius 1 is 1.29 bits per heavy atom. The second kappa shape index (κ2) is 4.75. The maximum atomic E-state index is 5.91. The minimum atomic E-state index is 0.373. The Bertz CT molecular complexity index is 537. The Hall–Kier alpha value is -1.55. The van der Waals surface area contributed by atoms with Crippen LogP contribution in [-0.4, -0.2) is 15.2 Å². The molecular formula is C12H14ClN3O. The number of pyridine rings is 1. The minimum Gasteiger partial charge on any atom is -0.419 e. The molecule has 0 radical (unpaired) electrons. The Balaban J connectivity index is 2.37. The SMILES string of the molecule is Cc1cc(C)c(CCl)c(Oc2cc(C)[nH]n2)n1. The molecule has 0 aromatic carbocycles. The number of H-pyrrole nitrogens is 1. The lowest BCUT2D eigenvalue weighted by molar-refractivity contribution is 0.437. The highest BCUT2D eigenvalue weighted by Crippen LogP contribution is 2.26. The molecule has 0 fully saturated rings. The molecule has 4 nitrogen and oxygen atoms in total. The summed E-state index contributed by atoms with van der Waals surface area (Å²) in [6.45, 7) is 5.83. The lowest BCUT2D eigenvalue weighted by Crippen LogP contribution is -1.98. The number of aryl methyl sites for hydroxylation is 3. The lowest BCUT2D eigenvalue weighted by Gasteiger charge is -2.09. The van der Waals surface area contributed by atoms with E-state index in [4.69, 9.17) is 16.3 Å². The largest absolute Gasteiger partial charge is 0.419 e. The van der Waals surface area contributed by atoms with Gasteiger partial charge in [0.1, 0.15) is 0 Å². The van der Waals surface area contributed by atoms with Crippen molar-refractivity contribution in [1.82, 2.24) is 15.2 Å². The molecule has 0 aliphatic rings. The van der Waals surface area contributed by atoms with Crippen LogP contribution < -0.4 is 4.74 Å². The van der Waals surface area contributed by atoms with Gasteiger partial charge in [0.25, 0.3) is 0 Å². The number of rotatable bonds is 3. The molecule has 0 saturated carbocycles. The number of ether oxygens (including phenoxy) is 1. The van der Waals surface area contributed by atoms with Crippen LogP contribution in [0.2, 0.25) is 0 Å². The van der Waals surface area contributed by atoms with Gasteiger partial charge >= 0.3 is 0 Å². The van der Waals surface area contributed by atoms with Gasteiger partial charge < -0.3 is 4.74 Å². The second-order valence-electron chi connectivity index (χ2n) is 3.99. The predicted molar refractivity (Wildman–Crippen MR) is 66.7 cm³/mol. The zero-order valence-corrected chi connectivity index (χ0v) is 10.8. The van der Waals surface area contributed by atoms with Crippen LogP contribution in [0, 0.1) is 20.8 Å². The quantitative estimate of drug-likeness (QED) is 0.852. The van der Waals surface area contributed by atoms with E-state index in [9.17, 15) is 0 Å². The van der Waals surface area contributed by atoms with E-state index in [-0.39, 0.29) is 0 Å². The molecule has 0 unspecified atom stereocenters. The topological polar surface area (TPSA) is 50.8 Å². The molecule has 2 aromatic rings. The van der Waals surface area contributed by atoms with Crippen molar-refractivity contribution in [1.29, 1.82) is 0 Å². The number of nitrogens with one attached hydrogen (secondary N) is 1. The average molecular weight is 252 g/mol. The van der Waals surface area contributed by atoms with Gasteiger partial charge in [-0.2, -0.15) is 0 Å². The average Bonchev–Trinajstić information content (AvgIpc) is 2.63. The fourth-order valence-corrected chi connectivity index (χ4v) is 1.95. The van der Waals surface area contributed by atoms with Crippen molar-refractivity contribution in [3.05, 3.63) is 34.6 Å². The van der Waals surface area contributed by atoms with E-state index in [1.807, 2.05) is 32.9 Å². The van der Waals surface area contributed by atoms with E-state index in [0.717, 1.165) is 22.5 Å². The fourth-order valence-electron chi connectivity index (χ4n) is 1.62. The highest BCUT2D eigenvalue weighted by Gasteiger charge is 2.11. The number of alkyl halides is 1. The summed E-state index contributed by atoms with van der Waals surface area (Å²) in [5.41, 5.74) is 3.82. The molecule has 0 saturated heterocycles. The Morgan fingerprint density at radius 2 is 2.06 bits per heavy atom. The van der Waals surface area contributed by atoms with Crippen molar-refractivity contribution in [3.8, 4) is 11.8 Å². The van der Waals surface area contributed by atoms with Crippen LogP contribution >= 0.6 is 11.6 Å². The summed E-state index contributed by atoms with van der Waals surface area (Å²) in [7, 11) is 0. The molecule has 0 aliphatic heterocycles. The second-order valence-corrected chi connectivity index (χ2v) is 4.26. The molecule has 0 amide bonds. The number of aromatic nitrogens is 3. The number of halogens is 1. The first-order chi connectivity index (χ1) is 8.10. The lowest BCUT2D eigenvalue weighted by atomic mass is 10.1. The molecule has 90 valence electrons. The van der Waals surface area contributed by atoms with E-state index in [0.29, 0.717) is 17.6 Å². The van der Waals surface area contributed by atoms with Crippen LogP contribution in [0.25, 0.3) is 0 Å². The van der Waals surface area contributed by atoms with E-state index in [1.54, 1.807) is 0 Å². The van der Waals surface area contributed by atoms with Gasteiger partial charge in [-0.25, -0.2) is 4.98 Å². The van der Waals surface area contributed by atoms with Crippen molar-refractivity contribution in [2.24, 2.45) is 0 Å². The van der Waals surface area contributed by atoms with Crippen molar-refractivity contribution in [2.75, 3.05) is 0 Å². The fraction of sp³-hybridized carbons (Fsp3) is 0.333. The zero-order valence-electron chi connectivity index (χ0n) is 10.0. The third kappa shape index (κ3) is 2.58. The van der Waals surface area contributed by atoms with Crippen LogP contribution in [0.4, 0.5) is 0 Å². The van der Waals surface area contributed by atoms with Gasteiger partial charge in [-0.3, -0.25) is 5.10 Å². The zero-order chi connectivity index (χ0) is 12.4. The van der Waals surface area contributed by atoms with Crippen molar-refractivity contribution in [2.45, 2.75) is 26.7 Å². The maximum Gasteiger partial charge on any atom is 0.240 e. The summed E-state index contributed by atoms with van der Waals surface area (Å²) in [6.07, 6.45) is 0. The van der Waals surface area contributed by atoms with Crippen molar-refractivity contribution >= 4 is 11.6 Å². The van der Waals surface area contributed by atoms with Gasteiger partial charge in [-0.1, -0.05) is 0 Å². The molecule has 0 aliphatic carbocycles. The summed E-state index contributed by atoms with van der Waals surface area (Å²) in [4.78, 5) is 4.35. The summed E-state index contributed by atoms with van der Waals surface area (Å²) < 4.78 is 5.64. The molecule has 0 atom stereocenters. The predicted octanol–water partition coefficient (Wildman–Crippen LogP) is 3.26. The molecule has 0 bridgehead atoms. The standard InChI is InChI=1S/C12H14ClN3O/c1-7-4-8(2)14-12(10(7)6-13)17-11-5-9(3)15-16-11/h4-5H,6H2,1-3H3,(H,15,16). The van der Waals surface area contributed by atoms with Gasteiger partial charge in [0.15, 0.2) is 0 Å². The monoisotopic (exact) mass is 251 g/mol. The molecule has 2 aromatic heterocycles. The maximum absolute atomic E-state index is 5.91. The Morgan fingerprint density at radius 3 is 2.65 bits per heavy atom. The molecule has 0 spiro atoms. The molecule has 17 heavy (non-hydrogen) atoms. The van der Waals surface area contributed by atoms with Crippen LogP contribution in [0.15, 0.2) is 12.1 Å². The van der Waals surface area contributed by atoms with Gasteiger partial charge in [-0.05, 0) is 32.4 Å². The number of nitrogens with zero attached hydrogens (tertiary/aromatic N) is 2. The summed E-state index contributed by atoms with van der Waals surface area (Å²) in [5, 5.41) is 6.84. The summed E-state index contributed by atoms with van der Waals surface area (Å²) in [5.74, 6) is 1.41. The van der Waals surface area contributed by atoms with Gasteiger partial charge in [0, 0.05) is 23.0 Å². The first-order valence-electron chi connectivity index (χ1n) is 5.33. The smallest absolute Gasteiger partial charge is 0.240 e. The highest BCUT2D eigenvalue weighted by molar-refractivity contribution is 6.17. The normalized spacial score (nSPS) is 10.6. The van der Waals surface area contributed by atoms with Crippen LogP contribution in [-0.2, 0) is 5.88 Å². The van der Waals surface area contributed by atoms with Gasteiger partial charge in [0.2, 0.25) is 11.8 Å². The molecule has 2 rings (SSSR count). The van der Waals surface area contributed by atoms with Crippen molar-refractivity contribution in [3.63, 3.8) is 0 Å². The Labute approximate surface area is 105 Å². The number of hydrogen-bond acceptors (Lipinski definition) is 3. The molecular weight excluding hydrogens is 238 g/mol. The number of hydrogen-bond donors (Lipinski definition) is 1. The minimum absolute atomic E-state index is 0.373. The third-order valence-electron chi connectivity index (χ3n) is 2.45. The van der Waals surface area contributed by atoms with Gasteiger partial charge in [-0.15, -0.1) is 16.7 Å². The first kappa shape index (κ1) is 11.9. The van der Waals surface area contributed by atoms with E-state index in [2.05, 4.69) is 15.2 Å². The van der Waals surface area contributed by atoms with Gasteiger partial charge in [0.05, 0.1) is 5.88 Å². The summed E-state index contributed by atoms with van der Waals surface area (Å²) in [6, 6.07) is 3.80. The van der Waals surface area contributed by atoms with Crippen LogP contribution in [0.5, 0.6) is 11.8 Å². The highest BCUT2D eigenvalue weighted by atomic mass is 35.5. The van der Waals surface area contributed by atoms with E-state index < -0.39 is 0 Å². The first-order valence-corrected chi connectivity index (χ1v) is 5.86. The summed E-state index contributed by atoms with van der Waals surface area (Å²) >= 11 is 5.91. The van der Waals surface area contributed by atoms with E-state index in [1.165, 1.54) is 0 Å².